The first-order chi connectivity index (χ1) is 8.90. The molecule has 0 aromatic carbocycles. The minimum absolute atomic E-state index is 0.0155. The molecular weight excluding hydrogens is 257 g/mol. The van der Waals surface area contributed by atoms with E-state index in [2.05, 4.69) is 5.32 Å². The van der Waals surface area contributed by atoms with Crippen LogP contribution in [0.15, 0.2) is 0 Å². The van der Waals surface area contributed by atoms with Gasteiger partial charge in [-0.2, -0.15) is 13.2 Å². The zero-order valence-electron chi connectivity index (χ0n) is 10.8. The lowest BCUT2D eigenvalue weighted by atomic mass is 9.76. The first-order valence-electron chi connectivity index (χ1n) is 7.03. The summed E-state index contributed by atoms with van der Waals surface area (Å²) in [5.41, 5.74) is -1.95. The summed E-state index contributed by atoms with van der Waals surface area (Å²) < 4.78 is 38.8. The Morgan fingerprint density at radius 1 is 1.21 bits per heavy atom. The Hall–Kier alpha value is -0.940. The Morgan fingerprint density at radius 2 is 1.84 bits per heavy atom. The molecule has 0 spiro atoms. The number of amides is 2. The number of urea groups is 1. The summed E-state index contributed by atoms with van der Waals surface area (Å²) in [5, 5.41) is 2.22. The Labute approximate surface area is 110 Å². The first-order valence-corrected chi connectivity index (χ1v) is 7.03. The molecule has 1 saturated heterocycles. The van der Waals surface area contributed by atoms with Gasteiger partial charge >= 0.3 is 12.2 Å². The third-order valence-electron chi connectivity index (χ3n) is 4.70. The van der Waals surface area contributed by atoms with E-state index in [1.54, 1.807) is 0 Å². The van der Waals surface area contributed by atoms with Crippen molar-refractivity contribution in [3.05, 3.63) is 0 Å². The van der Waals surface area contributed by atoms with E-state index in [4.69, 9.17) is 0 Å². The molecule has 2 amide bonds. The third-order valence-corrected chi connectivity index (χ3v) is 4.70. The van der Waals surface area contributed by atoms with Gasteiger partial charge in [0.25, 0.3) is 0 Å². The lowest BCUT2D eigenvalue weighted by Crippen LogP contribution is -2.67. The molecule has 1 aliphatic heterocycles. The molecule has 6 heteroatoms. The molecule has 2 saturated carbocycles. The maximum atomic E-state index is 12.9. The number of halogens is 3. The number of carbonyl (C=O) groups excluding carboxylic acids is 1. The van der Waals surface area contributed by atoms with Crippen LogP contribution in [0.25, 0.3) is 0 Å². The predicted octanol–water partition coefficient (Wildman–Crippen LogP) is 2.91. The van der Waals surface area contributed by atoms with Crippen molar-refractivity contribution in [1.29, 1.82) is 0 Å². The smallest absolute Gasteiger partial charge is 0.324 e. The van der Waals surface area contributed by atoms with Crippen LogP contribution < -0.4 is 5.32 Å². The molecule has 3 nitrogen and oxygen atoms in total. The van der Waals surface area contributed by atoms with Crippen LogP contribution in [-0.2, 0) is 0 Å². The fourth-order valence-corrected chi connectivity index (χ4v) is 3.00. The van der Waals surface area contributed by atoms with Crippen molar-refractivity contribution in [3.63, 3.8) is 0 Å². The normalized spacial score (nSPS) is 26.6. The average molecular weight is 276 g/mol. The predicted molar refractivity (Wildman–Crippen MR) is 63.6 cm³/mol. The summed E-state index contributed by atoms with van der Waals surface area (Å²) >= 11 is 0. The zero-order valence-corrected chi connectivity index (χ0v) is 10.8. The van der Waals surface area contributed by atoms with Crippen LogP contribution in [0, 0.1) is 11.8 Å². The number of likely N-dealkylation sites (tertiary alicyclic amines) is 1. The minimum atomic E-state index is -4.33. The van der Waals surface area contributed by atoms with Crippen LogP contribution in [0.5, 0.6) is 0 Å². The molecule has 0 aromatic heterocycles. The number of nitrogens with zero attached hydrogens (tertiary/aromatic N) is 1. The van der Waals surface area contributed by atoms with Gasteiger partial charge < -0.3 is 10.2 Å². The average Bonchev–Trinajstić information content (AvgIpc) is 2.97. The van der Waals surface area contributed by atoms with Crippen LogP contribution in [-0.4, -0.2) is 35.7 Å². The van der Waals surface area contributed by atoms with Crippen molar-refractivity contribution < 1.29 is 18.0 Å². The molecule has 3 fully saturated rings. The lowest BCUT2D eigenvalue weighted by Gasteiger charge is -2.47. The second kappa shape index (κ2) is 4.28. The monoisotopic (exact) mass is 276 g/mol. The molecule has 0 aromatic rings. The molecule has 3 rings (SSSR count). The first kappa shape index (κ1) is 13.1. The fraction of sp³-hybridized carbons (Fsp3) is 0.923. The van der Waals surface area contributed by atoms with E-state index in [9.17, 15) is 18.0 Å². The van der Waals surface area contributed by atoms with Crippen molar-refractivity contribution >= 4 is 6.03 Å². The minimum Gasteiger partial charge on any atom is -0.324 e. The van der Waals surface area contributed by atoms with Crippen molar-refractivity contribution in [3.8, 4) is 0 Å². The van der Waals surface area contributed by atoms with Gasteiger partial charge in [0.15, 0.2) is 0 Å². The number of hydrogen-bond donors (Lipinski definition) is 1. The van der Waals surface area contributed by atoms with E-state index in [1.807, 2.05) is 0 Å². The van der Waals surface area contributed by atoms with E-state index in [0.29, 0.717) is 25.4 Å². The molecule has 19 heavy (non-hydrogen) atoms. The van der Waals surface area contributed by atoms with Gasteiger partial charge in [-0.25, -0.2) is 4.79 Å². The number of carbonyl (C=O) groups is 1. The summed E-state index contributed by atoms with van der Waals surface area (Å²) in [7, 11) is 0. The van der Waals surface area contributed by atoms with Gasteiger partial charge in [0.2, 0.25) is 0 Å². The van der Waals surface area contributed by atoms with Gasteiger partial charge in [-0.3, -0.25) is 0 Å². The van der Waals surface area contributed by atoms with Gasteiger partial charge in [0, 0.05) is 13.1 Å². The fourth-order valence-electron chi connectivity index (χ4n) is 3.00. The highest BCUT2D eigenvalue weighted by Crippen LogP contribution is 2.45. The van der Waals surface area contributed by atoms with Crippen LogP contribution in [0.3, 0.4) is 0 Å². The largest absolute Gasteiger partial charge is 0.411 e. The molecule has 108 valence electrons. The topological polar surface area (TPSA) is 32.3 Å². The zero-order chi connectivity index (χ0) is 13.7. The lowest BCUT2D eigenvalue weighted by molar-refractivity contribution is -0.215. The summed E-state index contributed by atoms with van der Waals surface area (Å²) in [6.07, 6.45) is -0.0829. The van der Waals surface area contributed by atoms with E-state index in [1.165, 1.54) is 17.7 Å². The molecule has 3 aliphatic rings. The number of nitrogens with one attached hydrogen (secondary N) is 1. The van der Waals surface area contributed by atoms with Crippen LogP contribution in [0.2, 0.25) is 0 Å². The highest BCUT2D eigenvalue weighted by molar-refractivity contribution is 5.76. The van der Waals surface area contributed by atoms with Crippen LogP contribution in [0.4, 0.5) is 18.0 Å². The summed E-state index contributed by atoms with van der Waals surface area (Å²) in [5.74, 6) is 1.31. The van der Waals surface area contributed by atoms with Gasteiger partial charge in [0.1, 0.15) is 5.54 Å². The second-order valence-electron chi connectivity index (χ2n) is 6.31. The van der Waals surface area contributed by atoms with Crippen molar-refractivity contribution in [2.45, 2.75) is 50.2 Å². The summed E-state index contributed by atoms with van der Waals surface area (Å²) in [6.45, 7) is 1.24. The maximum Gasteiger partial charge on any atom is 0.411 e. The van der Waals surface area contributed by atoms with Crippen LogP contribution in [0.1, 0.15) is 38.5 Å². The maximum absolute atomic E-state index is 12.9. The summed E-state index contributed by atoms with van der Waals surface area (Å²) in [4.78, 5) is 13.4. The Kier molecular flexibility index (Phi) is 2.94. The van der Waals surface area contributed by atoms with Gasteiger partial charge in [-0.05, 0) is 37.5 Å². The molecule has 1 N–H and O–H groups in total. The molecule has 0 bridgehead atoms. The van der Waals surface area contributed by atoms with Gasteiger partial charge in [0.05, 0.1) is 0 Å². The summed E-state index contributed by atoms with van der Waals surface area (Å²) in [6, 6.07) is -0.538. The number of hydrogen-bond acceptors (Lipinski definition) is 1. The molecule has 0 unspecified atom stereocenters. The van der Waals surface area contributed by atoms with Crippen molar-refractivity contribution in [2.24, 2.45) is 11.8 Å². The van der Waals surface area contributed by atoms with E-state index in [0.717, 1.165) is 12.3 Å². The van der Waals surface area contributed by atoms with Gasteiger partial charge in [-0.1, -0.05) is 12.8 Å². The Bertz CT molecular complexity index is 369. The molecule has 0 atom stereocenters. The Morgan fingerprint density at radius 3 is 2.26 bits per heavy atom. The molecular formula is C13H19F3N2O. The molecule has 2 aliphatic carbocycles. The quantitative estimate of drug-likeness (QED) is 0.844. The van der Waals surface area contributed by atoms with E-state index in [-0.39, 0.29) is 12.8 Å². The third kappa shape index (κ3) is 2.41. The van der Waals surface area contributed by atoms with Crippen molar-refractivity contribution in [1.82, 2.24) is 10.2 Å². The number of rotatable bonds is 3. The number of alkyl halides is 3. The highest BCUT2D eigenvalue weighted by Gasteiger charge is 2.59. The van der Waals surface area contributed by atoms with E-state index >= 15 is 0 Å². The van der Waals surface area contributed by atoms with E-state index < -0.39 is 17.7 Å². The second-order valence-corrected chi connectivity index (χ2v) is 6.31. The Balaban J connectivity index is 1.49. The highest BCUT2D eigenvalue weighted by atomic mass is 19.4. The van der Waals surface area contributed by atoms with Crippen LogP contribution >= 0.6 is 0 Å². The standard InChI is InChI=1S/C13H19F3N2O/c14-13(15,16)12(4-1-5-12)17-11(19)18-7-10(8-18)6-9-2-3-9/h9-10H,1-8H2,(H,17,19). The van der Waals surface area contributed by atoms with Crippen molar-refractivity contribution in [2.75, 3.05) is 13.1 Å². The molecule has 1 heterocycles. The molecule has 0 radical (unpaired) electrons. The van der Waals surface area contributed by atoms with Gasteiger partial charge in [-0.15, -0.1) is 0 Å². The SMILES string of the molecule is O=C(NC1(C(F)(F)F)CCC1)N1CC(CC2CC2)C1.